The zero-order valence-corrected chi connectivity index (χ0v) is 19.6. The van der Waals surface area contributed by atoms with Crippen LogP contribution in [-0.4, -0.2) is 23.0 Å². The third kappa shape index (κ3) is 5.20. The van der Waals surface area contributed by atoms with Gasteiger partial charge in [-0.05, 0) is 65.2 Å². The maximum atomic E-state index is 11.4. The largest absolute Gasteiger partial charge is 0.495 e. The van der Waals surface area contributed by atoms with E-state index in [-0.39, 0.29) is 16.7 Å². The summed E-state index contributed by atoms with van der Waals surface area (Å²) < 4.78 is 5.60. The molecule has 0 fully saturated rings. The fourth-order valence-corrected chi connectivity index (χ4v) is 3.64. The first kappa shape index (κ1) is 23.7. The van der Waals surface area contributed by atoms with Gasteiger partial charge < -0.3 is 21.1 Å². The van der Waals surface area contributed by atoms with Crippen LogP contribution in [0.15, 0.2) is 72.0 Å². The fraction of sp³-hybridized carbons (Fsp3) is 0.0800. The molecule has 0 aliphatic carbocycles. The minimum absolute atomic E-state index is 0.230. The molecule has 0 bridgehead atoms. The molecule has 4 N–H and O–H groups in total. The van der Waals surface area contributed by atoms with Crippen molar-refractivity contribution in [3.63, 3.8) is 0 Å². The maximum Gasteiger partial charge on any atom is 0.248 e. The molecule has 4 rings (SSSR count). The van der Waals surface area contributed by atoms with Crippen molar-refractivity contribution >= 4 is 46.3 Å². The summed E-state index contributed by atoms with van der Waals surface area (Å²) in [6.07, 6.45) is 1.45. The Kier molecular flexibility index (Phi) is 6.88. The highest BCUT2D eigenvalue weighted by Gasteiger charge is 2.14. The summed E-state index contributed by atoms with van der Waals surface area (Å²) in [5.41, 5.74) is 9.92. The Morgan fingerprint density at radius 3 is 2.49 bits per heavy atom. The quantitative estimate of drug-likeness (QED) is 0.255. The van der Waals surface area contributed by atoms with E-state index in [0.717, 1.165) is 16.7 Å². The number of aromatic nitrogens is 2. The van der Waals surface area contributed by atoms with Gasteiger partial charge in [0.25, 0.3) is 0 Å². The van der Waals surface area contributed by atoms with Gasteiger partial charge >= 0.3 is 0 Å². The summed E-state index contributed by atoms with van der Waals surface area (Å²) in [4.78, 5) is 31.1. The number of hydrogen-bond donors (Lipinski definition) is 3. The van der Waals surface area contributed by atoms with Crippen molar-refractivity contribution in [3.05, 3.63) is 87.9 Å². The Morgan fingerprint density at radius 1 is 1.06 bits per heavy atom. The van der Waals surface area contributed by atoms with E-state index in [9.17, 15) is 9.70 Å². The molecule has 0 saturated heterocycles. The molecule has 4 aromatic rings. The predicted molar refractivity (Wildman–Crippen MR) is 137 cm³/mol. The van der Waals surface area contributed by atoms with Crippen LogP contribution < -0.4 is 21.1 Å². The molecular formula is C25H21ClN6O3. The van der Waals surface area contributed by atoms with Crippen LogP contribution in [0.5, 0.6) is 5.75 Å². The Hall–Kier alpha value is -4.50. The molecule has 1 aromatic heterocycles. The molecule has 0 radical (unpaired) electrons. The molecule has 0 unspecified atom stereocenters. The average Bonchev–Trinajstić information content (AvgIpc) is 2.86. The van der Waals surface area contributed by atoms with Crippen LogP contribution in [0.2, 0.25) is 5.02 Å². The number of hydrogen-bond acceptors (Lipinski definition) is 8. The molecule has 10 heteroatoms. The van der Waals surface area contributed by atoms with Crippen LogP contribution in [-0.2, 0) is 0 Å². The van der Waals surface area contributed by atoms with Crippen molar-refractivity contribution in [3.8, 4) is 16.9 Å². The van der Waals surface area contributed by atoms with E-state index in [4.69, 9.17) is 22.1 Å². The van der Waals surface area contributed by atoms with E-state index in [1.165, 1.54) is 6.20 Å². The lowest BCUT2D eigenvalue weighted by Crippen LogP contribution is -2.10. The molecule has 0 aliphatic heterocycles. The number of nitrogens with zero attached hydrogens (tertiary/aromatic N) is 3. The number of primary amides is 1. The Labute approximate surface area is 206 Å². The number of halogens is 1. The van der Waals surface area contributed by atoms with Crippen LogP contribution in [0.25, 0.3) is 11.1 Å². The van der Waals surface area contributed by atoms with Gasteiger partial charge in [0.2, 0.25) is 11.9 Å². The molecule has 0 aliphatic rings. The summed E-state index contributed by atoms with van der Waals surface area (Å²) in [5, 5.41) is 9.46. The number of benzene rings is 3. The number of aryl methyl sites for hydroxylation is 1. The maximum absolute atomic E-state index is 11.4. The monoisotopic (exact) mass is 488 g/mol. The Balaban J connectivity index is 1.64. The average molecular weight is 489 g/mol. The first-order chi connectivity index (χ1) is 16.9. The van der Waals surface area contributed by atoms with Crippen molar-refractivity contribution in [2.45, 2.75) is 6.92 Å². The molecule has 176 valence electrons. The minimum Gasteiger partial charge on any atom is -0.495 e. The lowest BCUT2D eigenvalue weighted by molar-refractivity contribution is 0.100. The van der Waals surface area contributed by atoms with Gasteiger partial charge in [-0.3, -0.25) is 4.79 Å². The minimum atomic E-state index is -0.479. The molecule has 0 saturated carbocycles. The van der Waals surface area contributed by atoms with Crippen LogP contribution in [0, 0.1) is 11.8 Å². The first-order valence-electron chi connectivity index (χ1n) is 10.5. The summed E-state index contributed by atoms with van der Waals surface area (Å²) in [6, 6.07) is 17.6. The smallest absolute Gasteiger partial charge is 0.248 e. The number of rotatable bonds is 8. The van der Waals surface area contributed by atoms with Gasteiger partial charge in [0.15, 0.2) is 5.82 Å². The van der Waals surface area contributed by atoms with Gasteiger partial charge in [-0.25, -0.2) is 4.98 Å². The summed E-state index contributed by atoms with van der Waals surface area (Å²) in [6.45, 7) is 1.96. The van der Waals surface area contributed by atoms with Crippen LogP contribution >= 0.6 is 11.6 Å². The lowest BCUT2D eigenvalue weighted by Gasteiger charge is -2.16. The third-order valence-electron chi connectivity index (χ3n) is 5.27. The number of methoxy groups -OCH3 is 1. The number of carbonyl (C=O) groups is 1. The summed E-state index contributed by atoms with van der Waals surface area (Å²) in [5.74, 6) is 0.660. The Bertz CT molecular complexity index is 1410. The highest BCUT2D eigenvalue weighted by molar-refractivity contribution is 6.33. The second kappa shape index (κ2) is 10.2. The van der Waals surface area contributed by atoms with Crippen LogP contribution in [0.3, 0.4) is 0 Å². The van der Waals surface area contributed by atoms with Gasteiger partial charge in [0, 0.05) is 5.56 Å². The summed E-state index contributed by atoms with van der Waals surface area (Å²) >= 11 is 6.27. The molecule has 0 atom stereocenters. The molecular weight excluding hydrogens is 468 g/mol. The molecule has 9 nitrogen and oxygen atoms in total. The number of nitrogens with two attached hydrogens (primary N) is 1. The third-order valence-corrected chi connectivity index (χ3v) is 5.55. The molecule has 3 aromatic carbocycles. The van der Waals surface area contributed by atoms with Crippen molar-refractivity contribution in [1.29, 1.82) is 0 Å². The van der Waals surface area contributed by atoms with Gasteiger partial charge in [-0.2, -0.15) is 4.98 Å². The number of anilines is 4. The van der Waals surface area contributed by atoms with Crippen LogP contribution in [0.4, 0.5) is 28.8 Å². The van der Waals surface area contributed by atoms with Crippen molar-refractivity contribution in [2.75, 3.05) is 17.7 Å². The zero-order valence-electron chi connectivity index (χ0n) is 18.9. The van der Waals surface area contributed by atoms with Crippen molar-refractivity contribution in [2.24, 2.45) is 10.9 Å². The number of carbonyl (C=O) groups excluding carboxylic acids is 1. The SMILES string of the molecule is COc1cc(-c2ccc(C(N)=O)cc2)c(C)cc1Nc1ncc(Cl)c(Nc2ccccc2N=O)n1. The van der Waals surface area contributed by atoms with Crippen molar-refractivity contribution < 1.29 is 9.53 Å². The normalized spacial score (nSPS) is 10.5. The highest BCUT2D eigenvalue weighted by atomic mass is 35.5. The standard InChI is InChI=1S/C25H21ClN6O3/c1-14-11-21(22(35-2)12-17(14)15-7-9-16(10-8-15)23(27)33)30-25-28-13-18(26)24(31-25)29-19-5-3-4-6-20(19)32-34/h3-13H,1-2H3,(H2,27,33)(H2,28,29,30,31). The van der Waals surface area contributed by atoms with E-state index in [2.05, 4.69) is 25.8 Å². The van der Waals surface area contributed by atoms with Gasteiger partial charge in [-0.15, -0.1) is 4.91 Å². The fourth-order valence-electron chi connectivity index (χ4n) is 3.50. The number of ether oxygens (including phenoxy) is 1. The second-order valence-corrected chi connectivity index (χ2v) is 7.96. The summed E-state index contributed by atoms with van der Waals surface area (Å²) in [7, 11) is 1.56. The van der Waals surface area contributed by atoms with E-state index in [1.807, 2.05) is 31.2 Å². The number of amides is 1. The number of nitrogens with one attached hydrogen (secondary N) is 2. The predicted octanol–water partition coefficient (Wildman–Crippen LogP) is 6.10. The molecule has 1 amide bonds. The number of nitroso groups, excluding NO2 is 1. The number of para-hydroxylation sites is 1. The van der Waals surface area contributed by atoms with E-state index in [1.54, 1.807) is 43.5 Å². The van der Waals surface area contributed by atoms with Crippen LogP contribution in [0.1, 0.15) is 15.9 Å². The molecule has 1 heterocycles. The topological polar surface area (TPSA) is 132 Å². The second-order valence-electron chi connectivity index (χ2n) is 7.56. The van der Waals surface area contributed by atoms with Crippen molar-refractivity contribution in [1.82, 2.24) is 9.97 Å². The first-order valence-corrected chi connectivity index (χ1v) is 10.8. The highest BCUT2D eigenvalue weighted by Crippen LogP contribution is 2.36. The van der Waals surface area contributed by atoms with E-state index >= 15 is 0 Å². The zero-order chi connectivity index (χ0) is 24.9. The molecule has 0 spiro atoms. The Morgan fingerprint density at radius 2 is 1.80 bits per heavy atom. The molecule has 35 heavy (non-hydrogen) atoms. The van der Waals surface area contributed by atoms with Gasteiger partial charge in [-0.1, -0.05) is 35.9 Å². The van der Waals surface area contributed by atoms with E-state index in [0.29, 0.717) is 28.5 Å². The van der Waals surface area contributed by atoms with Gasteiger partial charge in [0.1, 0.15) is 16.5 Å². The van der Waals surface area contributed by atoms with Gasteiger partial charge in [0.05, 0.1) is 24.7 Å². The lowest BCUT2D eigenvalue weighted by atomic mass is 9.98. The van der Waals surface area contributed by atoms with E-state index < -0.39 is 5.91 Å².